The highest BCUT2D eigenvalue weighted by Gasteiger charge is 2.09. The van der Waals surface area contributed by atoms with Gasteiger partial charge in [0.05, 0.1) is 6.07 Å². The van der Waals surface area contributed by atoms with Gasteiger partial charge >= 0.3 is 5.97 Å². The van der Waals surface area contributed by atoms with Crippen LogP contribution in [0.25, 0.3) is 0 Å². The molecule has 0 aliphatic carbocycles. The molecule has 0 rings (SSSR count). The van der Waals surface area contributed by atoms with Gasteiger partial charge in [0.1, 0.15) is 0 Å². The molecule has 18 heavy (non-hydrogen) atoms. The van der Waals surface area contributed by atoms with Crippen LogP contribution in [-0.2, 0) is 9.53 Å². The average molecular weight is 249 g/mol. The zero-order chi connectivity index (χ0) is 13.6. The summed E-state index contributed by atoms with van der Waals surface area (Å²) in [5.41, 5.74) is 0. The summed E-state index contributed by atoms with van der Waals surface area (Å²) in [6.07, 6.45) is 6.39. The third kappa shape index (κ3) is 9.73. The van der Waals surface area contributed by atoms with Gasteiger partial charge in [-0.15, -0.1) is 0 Å². The van der Waals surface area contributed by atoms with Crippen LogP contribution in [0, 0.1) is 23.2 Å². The molecule has 0 unspecified atom stereocenters. The zero-order valence-corrected chi connectivity index (χ0v) is 11.5. The van der Waals surface area contributed by atoms with Crippen LogP contribution in [0.4, 0.5) is 0 Å². The molecule has 1 atom stereocenters. The average Bonchev–Trinajstić information content (AvgIpc) is 2.39. The van der Waals surface area contributed by atoms with Gasteiger partial charge in [-0.2, -0.15) is 5.26 Å². The minimum atomic E-state index is -0.414. The first-order valence-corrected chi connectivity index (χ1v) is 6.79. The Labute approximate surface area is 111 Å². The second kappa shape index (κ2) is 12.0. The summed E-state index contributed by atoms with van der Waals surface area (Å²) >= 11 is 0. The molecule has 0 aromatic heterocycles. The molecule has 3 nitrogen and oxygen atoms in total. The maximum Gasteiger partial charge on any atom is 0.306 e. The molecule has 0 aliphatic heterocycles. The Hall–Kier alpha value is -1.48. The molecular formula is C15H23NO2. The maximum absolute atomic E-state index is 11.2. The van der Waals surface area contributed by atoms with Gasteiger partial charge in [0.15, 0.2) is 6.10 Å². The third-order valence-corrected chi connectivity index (χ3v) is 2.50. The number of carbonyl (C=O) groups is 1. The predicted molar refractivity (Wildman–Crippen MR) is 71.6 cm³/mol. The Kier molecular flexibility index (Phi) is 11.0. The van der Waals surface area contributed by atoms with Crippen LogP contribution in [0.3, 0.4) is 0 Å². The number of nitrogens with zero attached hydrogens (tertiary/aromatic N) is 1. The van der Waals surface area contributed by atoms with Crippen molar-refractivity contribution in [3.8, 4) is 17.9 Å². The van der Waals surface area contributed by atoms with Crippen molar-refractivity contribution in [1.82, 2.24) is 0 Å². The first kappa shape index (κ1) is 16.5. The van der Waals surface area contributed by atoms with Crippen molar-refractivity contribution in [2.24, 2.45) is 0 Å². The minimum absolute atomic E-state index is 0.252. The van der Waals surface area contributed by atoms with Gasteiger partial charge in [-0.1, -0.05) is 45.0 Å². The summed E-state index contributed by atoms with van der Waals surface area (Å²) in [6, 6.07) is 2.05. The van der Waals surface area contributed by atoms with Gasteiger partial charge in [0.2, 0.25) is 0 Å². The van der Waals surface area contributed by atoms with Crippen LogP contribution < -0.4 is 0 Å². The molecule has 0 aromatic carbocycles. The van der Waals surface area contributed by atoms with Crippen molar-refractivity contribution in [2.75, 3.05) is 0 Å². The fourth-order valence-electron chi connectivity index (χ4n) is 1.42. The molecule has 0 N–H and O–H groups in total. The lowest BCUT2D eigenvalue weighted by molar-refractivity contribution is -0.146. The number of esters is 1. The number of carbonyl (C=O) groups excluding carboxylic acids is 1. The van der Waals surface area contributed by atoms with Crippen molar-refractivity contribution in [1.29, 1.82) is 5.26 Å². The summed E-state index contributed by atoms with van der Waals surface area (Å²) in [5, 5.41) is 8.54. The van der Waals surface area contributed by atoms with E-state index in [0.29, 0.717) is 19.3 Å². The Morgan fingerprint density at radius 1 is 1.22 bits per heavy atom. The van der Waals surface area contributed by atoms with E-state index in [1.807, 2.05) is 6.07 Å². The van der Waals surface area contributed by atoms with Crippen LogP contribution in [0.2, 0.25) is 0 Å². The van der Waals surface area contributed by atoms with Gasteiger partial charge < -0.3 is 4.74 Å². The van der Waals surface area contributed by atoms with Gasteiger partial charge in [-0.25, -0.2) is 0 Å². The van der Waals surface area contributed by atoms with Crippen LogP contribution in [0.15, 0.2) is 0 Å². The lowest BCUT2D eigenvalue weighted by atomic mass is 10.1. The second-order valence-electron chi connectivity index (χ2n) is 4.16. The van der Waals surface area contributed by atoms with Crippen LogP contribution in [0.5, 0.6) is 0 Å². The van der Waals surface area contributed by atoms with E-state index in [-0.39, 0.29) is 5.97 Å². The van der Waals surface area contributed by atoms with E-state index in [1.54, 1.807) is 6.92 Å². The lowest BCUT2D eigenvalue weighted by Gasteiger charge is -2.09. The summed E-state index contributed by atoms with van der Waals surface area (Å²) in [7, 11) is 0. The number of unbranched alkanes of at least 4 members (excludes halogenated alkanes) is 4. The van der Waals surface area contributed by atoms with Gasteiger partial charge in [-0.3, -0.25) is 4.79 Å². The van der Waals surface area contributed by atoms with Crippen molar-refractivity contribution >= 4 is 5.97 Å². The summed E-state index contributed by atoms with van der Waals surface area (Å²) in [4.78, 5) is 11.2. The van der Waals surface area contributed by atoms with Crippen molar-refractivity contribution in [3.05, 3.63) is 0 Å². The first-order chi connectivity index (χ1) is 8.74. The highest BCUT2D eigenvalue weighted by atomic mass is 16.5. The maximum atomic E-state index is 11.2. The summed E-state index contributed by atoms with van der Waals surface area (Å²) in [5.74, 6) is 5.75. The van der Waals surface area contributed by atoms with Crippen molar-refractivity contribution in [3.63, 3.8) is 0 Å². The summed E-state index contributed by atoms with van der Waals surface area (Å²) in [6.45, 7) is 3.93. The molecule has 0 radical (unpaired) electrons. The van der Waals surface area contributed by atoms with Gasteiger partial charge in [0.25, 0.3) is 0 Å². The first-order valence-electron chi connectivity index (χ1n) is 6.79. The van der Waals surface area contributed by atoms with E-state index in [1.165, 1.54) is 19.3 Å². The minimum Gasteiger partial charge on any atom is -0.449 e. The quantitative estimate of drug-likeness (QED) is 0.375. The normalized spacial score (nSPS) is 10.9. The number of rotatable bonds is 8. The number of hydrogen-bond donors (Lipinski definition) is 0. The topological polar surface area (TPSA) is 50.1 Å². The predicted octanol–water partition coefficient (Wildman–Crippen LogP) is 3.59. The Morgan fingerprint density at radius 2 is 2.00 bits per heavy atom. The SMILES string of the molecule is CCCCCCC#C[C@H](CCC#N)OC(=O)CC. The molecule has 0 amide bonds. The van der Waals surface area contributed by atoms with Gasteiger partial charge in [0, 0.05) is 25.7 Å². The van der Waals surface area contributed by atoms with E-state index in [0.717, 1.165) is 12.8 Å². The Bertz CT molecular complexity index is 320. The number of hydrogen-bond acceptors (Lipinski definition) is 3. The fraction of sp³-hybridized carbons (Fsp3) is 0.733. The Morgan fingerprint density at radius 3 is 2.61 bits per heavy atom. The number of nitriles is 1. The van der Waals surface area contributed by atoms with E-state index < -0.39 is 6.10 Å². The molecule has 3 heteroatoms. The molecule has 0 aliphatic rings. The smallest absolute Gasteiger partial charge is 0.306 e. The Balaban J connectivity index is 4.02. The zero-order valence-electron chi connectivity index (χ0n) is 11.5. The van der Waals surface area contributed by atoms with E-state index >= 15 is 0 Å². The summed E-state index contributed by atoms with van der Waals surface area (Å²) < 4.78 is 5.17. The standard InChI is InChI=1S/C15H23NO2/c1-3-5-6-7-8-9-11-14(12-10-13-16)18-15(17)4-2/h14H,3-8,10,12H2,1-2H3/t14-/m1/s1. The van der Waals surface area contributed by atoms with Crippen LogP contribution >= 0.6 is 0 Å². The monoisotopic (exact) mass is 249 g/mol. The molecular weight excluding hydrogens is 226 g/mol. The van der Waals surface area contributed by atoms with E-state index in [4.69, 9.17) is 10.00 Å². The molecule has 0 bridgehead atoms. The van der Waals surface area contributed by atoms with Crippen molar-refractivity contribution in [2.45, 2.75) is 71.3 Å². The highest BCUT2D eigenvalue weighted by molar-refractivity contribution is 5.69. The number of ether oxygens (including phenoxy) is 1. The van der Waals surface area contributed by atoms with E-state index in [2.05, 4.69) is 18.8 Å². The molecule has 0 spiro atoms. The molecule has 0 fully saturated rings. The molecule has 0 saturated carbocycles. The van der Waals surface area contributed by atoms with Crippen LogP contribution in [0.1, 0.15) is 65.2 Å². The molecule has 0 saturated heterocycles. The van der Waals surface area contributed by atoms with Gasteiger partial charge in [-0.05, 0) is 6.42 Å². The van der Waals surface area contributed by atoms with E-state index in [9.17, 15) is 4.79 Å². The highest BCUT2D eigenvalue weighted by Crippen LogP contribution is 2.04. The third-order valence-electron chi connectivity index (χ3n) is 2.50. The van der Waals surface area contributed by atoms with Crippen molar-refractivity contribution < 1.29 is 9.53 Å². The van der Waals surface area contributed by atoms with Crippen LogP contribution in [-0.4, -0.2) is 12.1 Å². The molecule has 100 valence electrons. The largest absolute Gasteiger partial charge is 0.449 e. The second-order valence-corrected chi connectivity index (χ2v) is 4.16. The molecule has 0 aromatic rings. The lowest BCUT2D eigenvalue weighted by Crippen LogP contribution is -2.15. The fourth-order valence-corrected chi connectivity index (χ4v) is 1.42. The molecule has 0 heterocycles.